The van der Waals surface area contributed by atoms with Crippen molar-refractivity contribution < 1.29 is 9.53 Å². The number of amides is 1. The summed E-state index contributed by atoms with van der Waals surface area (Å²) >= 11 is 1.34. The summed E-state index contributed by atoms with van der Waals surface area (Å²) in [6, 6.07) is 21.6. The summed E-state index contributed by atoms with van der Waals surface area (Å²) in [5.41, 5.74) is 1.76. The number of carbonyl (C=O) groups is 1. The monoisotopic (exact) mass is 386 g/mol. The Balaban J connectivity index is 1.55. The fraction of sp³-hybridized carbons (Fsp3) is 0.0435. The molecule has 0 bridgehead atoms. The van der Waals surface area contributed by atoms with Gasteiger partial charge < -0.3 is 10.1 Å². The lowest BCUT2D eigenvalue weighted by Crippen LogP contribution is -2.19. The Morgan fingerprint density at radius 1 is 1.04 bits per heavy atom. The molecule has 3 aromatic carbocycles. The van der Waals surface area contributed by atoms with Crippen LogP contribution in [-0.2, 0) is 4.79 Å². The second-order valence-electron chi connectivity index (χ2n) is 6.15. The van der Waals surface area contributed by atoms with Crippen LogP contribution >= 0.6 is 11.8 Å². The van der Waals surface area contributed by atoms with E-state index in [2.05, 4.69) is 16.9 Å². The summed E-state index contributed by atoms with van der Waals surface area (Å²) in [7, 11) is 0. The predicted octanol–water partition coefficient (Wildman–Crippen LogP) is 5.30. The molecule has 0 radical (unpaired) electrons. The Hall–Kier alpha value is -3.31. The molecule has 1 heterocycles. The number of nitrogens with one attached hydrogen (secondary N) is 1. The predicted molar refractivity (Wildman–Crippen MR) is 117 cm³/mol. The van der Waals surface area contributed by atoms with Gasteiger partial charge in [-0.25, -0.2) is 4.99 Å². The molecular formula is C23H18N2O2S. The number of hydrogen-bond donors (Lipinski definition) is 1. The normalized spacial score (nSPS) is 16.5. The maximum atomic E-state index is 12.3. The maximum absolute atomic E-state index is 12.3. The second kappa shape index (κ2) is 8.15. The molecule has 0 saturated carbocycles. The Bertz CT molecular complexity index is 1100. The number of benzene rings is 3. The number of aliphatic imine (C=N–C) groups is 1. The van der Waals surface area contributed by atoms with Crippen molar-refractivity contribution in [3.8, 4) is 5.75 Å². The van der Waals surface area contributed by atoms with Crippen molar-refractivity contribution in [1.82, 2.24) is 5.32 Å². The van der Waals surface area contributed by atoms with Crippen molar-refractivity contribution in [1.29, 1.82) is 0 Å². The molecule has 28 heavy (non-hydrogen) atoms. The number of ether oxygens (including phenoxy) is 1. The fourth-order valence-electron chi connectivity index (χ4n) is 2.86. The zero-order valence-corrected chi connectivity index (χ0v) is 15.9. The van der Waals surface area contributed by atoms with E-state index in [0.29, 0.717) is 16.7 Å². The third kappa shape index (κ3) is 4.00. The molecule has 5 heteroatoms. The molecule has 1 aliphatic rings. The SMILES string of the molecule is C=CCOc1ccc(/C=C2\SC(=Nc3cccc4ccccc34)NC2=O)cc1. The van der Waals surface area contributed by atoms with Gasteiger partial charge in [0, 0.05) is 5.39 Å². The molecule has 0 aromatic heterocycles. The van der Waals surface area contributed by atoms with Crippen LogP contribution in [0.4, 0.5) is 5.69 Å². The molecule has 4 rings (SSSR count). The minimum Gasteiger partial charge on any atom is -0.490 e. The maximum Gasteiger partial charge on any atom is 0.264 e. The van der Waals surface area contributed by atoms with E-state index in [-0.39, 0.29) is 5.91 Å². The molecule has 1 N–H and O–H groups in total. The minimum absolute atomic E-state index is 0.143. The van der Waals surface area contributed by atoms with Crippen LogP contribution in [0.2, 0.25) is 0 Å². The van der Waals surface area contributed by atoms with Gasteiger partial charge in [-0.15, -0.1) is 0 Å². The van der Waals surface area contributed by atoms with E-state index in [4.69, 9.17) is 4.74 Å². The molecule has 1 fully saturated rings. The third-order valence-electron chi connectivity index (χ3n) is 4.19. The molecule has 1 amide bonds. The summed E-state index contributed by atoms with van der Waals surface area (Å²) in [4.78, 5) is 17.6. The van der Waals surface area contributed by atoms with Crippen LogP contribution in [0, 0.1) is 0 Å². The molecule has 3 aromatic rings. The zero-order chi connectivity index (χ0) is 19.3. The zero-order valence-electron chi connectivity index (χ0n) is 15.1. The quantitative estimate of drug-likeness (QED) is 0.478. The molecule has 0 atom stereocenters. The van der Waals surface area contributed by atoms with E-state index < -0.39 is 0 Å². The topological polar surface area (TPSA) is 50.7 Å². The van der Waals surface area contributed by atoms with Gasteiger partial charge in [0.05, 0.1) is 10.6 Å². The van der Waals surface area contributed by atoms with Crippen molar-refractivity contribution in [3.05, 3.63) is 89.9 Å². The van der Waals surface area contributed by atoms with Crippen LogP contribution in [0.5, 0.6) is 5.75 Å². The fourth-order valence-corrected chi connectivity index (χ4v) is 3.70. The summed E-state index contributed by atoms with van der Waals surface area (Å²) < 4.78 is 5.48. The molecule has 4 nitrogen and oxygen atoms in total. The third-order valence-corrected chi connectivity index (χ3v) is 5.10. The van der Waals surface area contributed by atoms with E-state index in [1.807, 2.05) is 72.8 Å². The summed E-state index contributed by atoms with van der Waals surface area (Å²) in [5.74, 6) is 0.625. The van der Waals surface area contributed by atoms with Gasteiger partial charge in [-0.05, 0) is 47.0 Å². The van der Waals surface area contributed by atoms with Crippen molar-refractivity contribution >= 4 is 45.4 Å². The van der Waals surface area contributed by atoms with E-state index in [1.54, 1.807) is 6.08 Å². The molecule has 0 spiro atoms. The Kier molecular flexibility index (Phi) is 5.26. The number of hydrogen-bond acceptors (Lipinski definition) is 4. The van der Waals surface area contributed by atoms with E-state index >= 15 is 0 Å². The standard InChI is InChI=1S/C23H18N2O2S/c1-2-14-27-18-12-10-16(11-13-18)15-21-22(26)25-23(28-21)24-20-9-5-7-17-6-3-4-8-19(17)20/h2-13,15H,1,14H2,(H,24,25,26)/b21-15-. The lowest BCUT2D eigenvalue weighted by molar-refractivity contribution is -0.115. The first-order chi connectivity index (χ1) is 13.7. The Morgan fingerprint density at radius 2 is 1.82 bits per heavy atom. The average Bonchev–Trinajstić information content (AvgIpc) is 3.06. The van der Waals surface area contributed by atoms with E-state index in [0.717, 1.165) is 27.8 Å². The van der Waals surface area contributed by atoms with Crippen LogP contribution in [0.15, 0.2) is 89.3 Å². The van der Waals surface area contributed by atoms with Crippen LogP contribution in [0.1, 0.15) is 5.56 Å². The number of amidine groups is 1. The van der Waals surface area contributed by atoms with Crippen molar-refractivity contribution in [3.63, 3.8) is 0 Å². The lowest BCUT2D eigenvalue weighted by Gasteiger charge is -2.03. The lowest BCUT2D eigenvalue weighted by atomic mass is 10.1. The van der Waals surface area contributed by atoms with Gasteiger partial charge in [-0.2, -0.15) is 0 Å². The van der Waals surface area contributed by atoms with Gasteiger partial charge in [0.2, 0.25) is 0 Å². The number of nitrogens with zero attached hydrogens (tertiary/aromatic N) is 1. The first-order valence-electron chi connectivity index (χ1n) is 8.84. The molecule has 0 unspecified atom stereocenters. The highest BCUT2D eigenvalue weighted by Gasteiger charge is 2.24. The van der Waals surface area contributed by atoms with Crippen molar-refractivity contribution in [2.45, 2.75) is 0 Å². The first kappa shape index (κ1) is 18.1. The van der Waals surface area contributed by atoms with Gasteiger partial charge >= 0.3 is 0 Å². The van der Waals surface area contributed by atoms with Gasteiger partial charge in [0.1, 0.15) is 12.4 Å². The average molecular weight is 386 g/mol. The first-order valence-corrected chi connectivity index (χ1v) is 9.66. The number of rotatable bonds is 5. The van der Waals surface area contributed by atoms with Crippen LogP contribution < -0.4 is 10.1 Å². The van der Waals surface area contributed by atoms with Crippen molar-refractivity contribution in [2.75, 3.05) is 6.61 Å². The largest absolute Gasteiger partial charge is 0.490 e. The summed E-state index contributed by atoms with van der Waals surface area (Å²) in [6.07, 6.45) is 3.55. The number of carbonyl (C=O) groups excluding carboxylic acids is 1. The molecule has 1 saturated heterocycles. The molecule has 138 valence electrons. The Morgan fingerprint density at radius 3 is 2.64 bits per heavy atom. The van der Waals surface area contributed by atoms with E-state index in [9.17, 15) is 4.79 Å². The smallest absolute Gasteiger partial charge is 0.264 e. The van der Waals surface area contributed by atoms with Crippen LogP contribution in [0.25, 0.3) is 16.8 Å². The van der Waals surface area contributed by atoms with Crippen molar-refractivity contribution in [2.24, 2.45) is 4.99 Å². The van der Waals surface area contributed by atoms with E-state index in [1.165, 1.54) is 11.8 Å². The summed E-state index contributed by atoms with van der Waals surface area (Å²) in [5, 5.41) is 5.60. The van der Waals surface area contributed by atoms with Gasteiger partial charge in [0.25, 0.3) is 5.91 Å². The van der Waals surface area contributed by atoms with Crippen LogP contribution in [-0.4, -0.2) is 17.7 Å². The highest BCUT2D eigenvalue weighted by Crippen LogP contribution is 2.31. The van der Waals surface area contributed by atoms with Gasteiger partial charge in [-0.1, -0.05) is 61.2 Å². The Labute approximate surface area is 167 Å². The van der Waals surface area contributed by atoms with Gasteiger partial charge in [0.15, 0.2) is 5.17 Å². The molecule has 1 aliphatic heterocycles. The second-order valence-corrected chi connectivity index (χ2v) is 7.18. The number of thioether (sulfide) groups is 1. The molecule has 0 aliphatic carbocycles. The minimum atomic E-state index is -0.143. The number of fused-ring (bicyclic) bond motifs is 1. The highest BCUT2D eigenvalue weighted by molar-refractivity contribution is 8.18. The highest BCUT2D eigenvalue weighted by atomic mass is 32.2. The van der Waals surface area contributed by atoms with Gasteiger partial charge in [-0.3, -0.25) is 4.79 Å². The molecular weight excluding hydrogens is 368 g/mol. The summed E-state index contributed by atoms with van der Waals surface area (Å²) in [6.45, 7) is 4.10. The van der Waals surface area contributed by atoms with Crippen LogP contribution in [0.3, 0.4) is 0 Å².